The molecule has 3 heteroatoms. The average Bonchev–Trinajstić information content (AvgIpc) is 1.95. The fourth-order valence-corrected chi connectivity index (χ4v) is 1.01. The quantitative estimate of drug-likeness (QED) is 0.576. The van der Waals surface area contributed by atoms with Crippen molar-refractivity contribution in [1.82, 2.24) is 0 Å². The molecular weight excluding hydrogens is 144 g/mol. The first-order chi connectivity index (χ1) is 5.06. The lowest BCUT2D eigenvalue weighted by Gasteiger charge is -2.40. The minimum absolute atomic E-state index is 0.133. The Morgan fingerprint density at radius 3 is 2.55 bits per heavy atom. The smallest absolute Gasteiger partial charge is 0.181 e. The molecule has 1 aliphatic heterocycles. The van der Waals surface area contributed by atoms with Gasteiger partial charge in [-0.25, -0.2) is 0 Å². The molecule has 66 valence electrons. The summed E-state index contributed by atoms with van der Waals surface area (Å²) in [5.74, 6) is 0. The summed E-state index contributed by atoms with van der Waals surface area (Å²) in [4.78, 5) is 0. The second-order valence-electron chi connectivity index (χ2n) is 3.36. The molecule has 0 spiro atoms. The zero-order valence-corrected chi connectivity index (χ0v) is 7.59. The Labute approximate surface area is 67.6 Å². The summed E-state index contributed by atoms with van der Waals surface area (Å²) < 4.78 is 16.1. The summed E-state index contributed by atoms with van der Waals surface area (Å²) in [7, 11) is 1.63. The molecular formula is C8H16O3. The zero-order valence-electron chi connectivity index (χ0n) is 7.59. The Bertz CT molecular complexity index is 133. The third kappa shape index (κ3) is 1.92. The molecule has 11 heavy (non-hydrogen) atoms. The first-order valence-electron chi connectivity index (χ1n) is 3.88. The minimum Gasteiger partial charge on any atom is -0.370 e. The van der Waals surface area contributed by atoms with E-state index >= 15 is 0 Å². The molecule has 1 saturated heterocycles. The van der Waals surface area contributed by atoms with Gasteiger partial charge in [-0.3, -0.25) is 0 Å². The molecule has 3 nitrogen and oxygen atoms in total. The summed E-state index contributed by atoms with van der Waals surface area (Å²) in [6.07, 6.45) is -0.0740. The molecule has 0 aromatic rings. The first-order valence-corrected chi connectivity index (χ1v) is 3.88. The van der Waals surface area contributed by atoms with Crippen molar-refractivity contribution >= 4 is 0 Å². The van der Waals surface area contributed by atoms with E-state index in [2.05, 4.69) is 0 Å². The van der Waals surface area contributed by atoms with Crippen molar-refractivity contribution in [2.45, 2.75) is 38.8 Å². The van der Waals surface area contributed by atoms with Crippen LogP contribution in [0.25, 0.3) is 0 Å². The van der Waals surface area contributed by atoms with Crippen LogP contribution in [0.2, 0.25) is 0 Å². The van der Waals surface area contributed by atoms with Crippen LogP contribution in [0.4, 0.5) is 0 Å². The van der Waals surface area contributed by atoms with Crippen LogP contribution in [0.15, 0.2) is 0 Å². The summed E-state index contributed by atoms with van der Waals surface area (Å²) in [6, 6.07) is 0. The molecule has 0 N–H and O–H groups in total. The Morgan fingerprint density at radius 2 is 2.09 bits per heavy atom. The molecule has 0 amide bonds. The average molecular weight is 160 g/mol. The van der Waals surface area contributed by atoms with Crippen molar-refractivity contribution in [2.75, 3.05) is 13.7 Å². The lowest BCUT2D eigenvalue weighted by Crippen LogP contribution is -2.49. The molecule has 1 aliphatic rings. The normalized spacial score (nSPS) is 37.1. The highest BCUT2D eigenvalue weighted by Crippen LogP contribution is 2.24. The van der Waals surface area contributed by atoms with Crippen LogP contribution in [-0.4, -0.2) is 31.7 Å². The number of rotatable bonds is 1. The lowest BCUT2D eigenvalue weighted by atomic mass is 10.0. The summed E-state index contributed by atoms with van der Waals surface area (Å²) in [6.45, 7) is 6.54. The van der Waals surface area contributed by atoms with E-state index in [1.165, 1.54) is 0 Å². The van der Waals surface area contributed by atoms with E-state index < -0.39 is 0 Å². The van der Waals surface area contributed by atoms with Crippen molar-refractivity contribution in [1.29, 1.82) is 0 Å². The summed E-state index contributed by atoms with van der Waals surface area (Å²) in [5, 5.41) is 0. The van der Waals surface area contributed by atoms with Gasteiger partial charge in [-0.05, 0) is 20.8 Å². The monoisotopic (exact) mass is 160 g/mol. The summed E-state index contributed by atoms with van der Waals surface area (Å²) >= 11 is 0. The van der Waals surface area contributed by atoms with Crippen LogP contribution in [0, 0.1) is 0 Å². The largest absolute Gasteiger partial charge is 0.370 e. The number of hydrogen-bond donors (Lipinski definition) is 0. The second kappa shape index (κ2) is 3.09. The van der Waals surface area contributed by atoms with Gasteiger partial charge in [0.25, 0.3) is 0 Å². The van der Waals surface area contributed by atoms with Crippen LogP contribution in [0.5, 0.6) is 0 Å². The van der Waals surface area contributed by atoms with E-state index in [4.69, 9.17) is 14.2 Å². The van der Waals surface area contributed by atoms with Crippen molar-refractivity contribution < 1.29 is 14.2 Å². The Kier molecular flexibility index (Phi) is 2.52. The molecule has 1 fully saturated rings. The molecule has 0 bridgehead atoms. The number of ether oxygens (including phenoxy) is 3. The fourth-order valence-electron chi connectivity index (χ4n) is 1.01. The predicted octanol–water partition coefficient (Wildman–Crippen LogP) is 1.17. The van der Waals surface area contributed by atoms with Crippen LogP contribution >= 0.6 is 0 Å². The molecule has 2 unspecified atom stereocenters. The fraction of sp³-hybridized carbons (Fsp3) is 1.00. The van der Waals surface area contributed by atoms with Crippen molar-refractivity contribution in [3.8, 4) is 0 Å². The van der Waals surface area contributed by atoms with Gasteiger partial charge in [-0.2, -0.15) is 0 Å². The van der Waals surface area contributed by atoms with Crippen LogP contribution < -0.4 is 0 Å². The number of hydrogen-bond acceptors (Lipinski definition) is 3. The maximum Gasteiger partial charge on any atom is 0.181 e. The lowest BCUT2D eigenvalue weighted by molar-refractivity contribution is -0.287. The van der Waals surface area contributed by atoms with Crippen LogP contribution in [-0.2, 0) is 14.2 Å². The number of methoxy groups -OCH3 is 1. The van der Waals surface area contributed by atoms with Gasteiger partial charge >= 0.3 is 0 Å². The van der Waals surface area contributed by atoms with E-state index in [1.54, 1.807) is 7.11 Å². The SMILES string of the molecule is COC1COC(C)C(C)(C)O1. The van der Waals surface area contributed by atoms with Crippen molar-refractivity contribution in [2.24, 2.45) is 0 Å². The van der Waals surface area contributed by atoms with E-state index in [-0.39, 0.29) is 18.0 Å². The van der Waals surface area contributed by atoms with Crippen LogP contribution in [0.1, 0.15) is 20.8 Å². The van der Waals surface area contributed by atoms with Gasteiger partial charge in [-0.15, -0.1) is 0 Å². The molecule has 0 aliphatic carbocycles. The van der Waals surface area contributed by atoms with Gasteiger partial charge in [0.05, 0.1) is 18.3 Å². The molecule has 2 atom stereocenters. The Morgan fingerprint density at radius 1 is 1.45 bits per heavy atom. The Balaban J connectivity index is 2.52. The molecule has 0 aromatic heterocycles. The standard InChI is InChI=1S/C8H16O3/c1-6-8(2,3)11-7(9-4)5-10-6/h6-7H,5H2,1-4H3. The van der Waals surface area contributed by atoms with Gasteiger partial charge in [0.2, 0.25) is 0 Å². The van der Waals surface area contributed by atoms with Crippen molar-refractivity contribution in [3.63, 3.8) is 0 Å². The molecule has 0 aromatic carbocycles. The van der Waals surface area contributed by atoms with Crippen molar-refractivity contribution in [3.05, 3.63) is 0 Å². The van der Waals surface area contributed by atoms with Gasteiger partial charge in [0.15, 0.2) is 6.29 Å². The van der Waals surface area contributed by atoms with Gasteiger partial charge in [0, 0.05) is 7.11 Å². The predicted molar refractivity (Wildman–Crippen MR) is 41.4 cm³/mol. The maximum atomic E-state index is 5.59. The van der Waals surface area contributed by atoms with E-state index in [1.807, 2.05) is 20.8 Å². The second-order valence-corrected chi connectivity index (χ2v) is 3.36. The Hall–Kier alpha value is -0.120. The minimum atomic E-state index is -0.237. The van der Waals surface area contributed by atoms with Crippen LogP contribution in [0.3, 0.4) is 0 Å². The highest BCUT2D eigenvalue weighted by molar-refractivity contribution is 4.80. The van der Waals surface area contributed by atoms with Gasteiger partial charge < -0.3 is 14.2 Å². The van der Waals surface area contributed by atoms with E-state index in [0.717, 1.165) is 0 Å². The third-order valence-electron chi connectivity index (χ3n) is 2.16. The van der Waals surface area contributed by atoms with Gasteiger partial charge in [-0.1, -0.05) is 0 Å². The zero-order chi connectivity index (χ0) is 8.48. The first kappa shape index (κ1) is 8.97. The molecule has 0 saturated carbocycles. The van der Waals surface area contributed by atoms with E-state index in [0.29, 0.717) is 6.61 Å². The molecule has 0 radical (unpaired) electrons. The molecule has 1 rings (SSSR count). The topological polar surface area (TPSA) is 27.7 Å². The van der Waals surface area contributed by atoms with E-state index in [9.17, 15) is 0 Å². The highest BCUT2D eigenvalue weighted by Gasteiger charge is 2.35. The molecule has 1 heterocycles. The third-order valence-corrected chi connectivity index (χ3v) is 2.16. The highest BCUT2D eigenvalue weighted by atomic mass is 16.7. The van der Waals surface area contributed by atoms with Gasteiger partial charge in [0.1, 0.15) is 0 Å². The summed E-state index contributed by atoms with van der Waals surface area (Å²) in [5.41, 5.74) is -0.237. The maximum absolute atomic E-state index is 5.59.